The smallest absolute Gasteiger partial charge is 0.871 e. The third-order valence-corrected chi connectivity index (χ3v) is 7.69. The van der Waals surface area contributed by atoms with Crippen LogP contribution in [0.3, 0.4) is 0 Å². The fraction of sp³-hybridized carbons (Fsp3) is 0.0312. The van der Waals surface area contributed by atoms with Gasteiger partial charge in [-0.3, -0.25) is 14.9 Å². The average molecular weight is 739 g/mol. The van der Waals surface area contributed by atoms with Gasteiger partial charge in [-0.2, -0.15) is 15.3 Å². The molecule has 0 saturated carbocycles. The van der Waals surface area contributed by atoms with Gasteiger partial charge >= 0.3 is 18.2 Å². The summed E-state index contributed by atoms with van der Waals surface area (Å²) >= 11 is 0. The molecule has 6 aromatic rings. The van der Waals surface area contributed by atoms with Crippen molar-refractivity contribution in [2.24, 2.45) is 25.6 Å². The number of hydrogen-bond donors (Lipinski definition) is 1. The van der Waals surface area contributed by atoms with Crippen molar-refractivity contribution in [1.29, 1.82) is 0 Å². The number of nitrogens with zero attached hydrogens (tertiary/aromatic N) is 7. The second kappa shape index (κ2) is 15.3. The van der Waals surface area contributed by atoms with Crippen molar-refractivity contribution in [3.63, 3.8) is 0 Å². The van der Waals surface area contributed by atoms with Crippen molar-refractivity contribution >= 4 is 49.2 Å². The molecule has 0 aliphatic heterocycles. The Hall–Kier alpha value is -6.21. The van der Waals surface area contributed by atoms with Gasteiger partial charge in [-0.05, 0) is 35.7 Å². The van der Waals surface area contributed by atoms with Crippen LogP contribution in [0.4, 0.5) is 28.4 Å². The Bertz CT molecular complexity index is 2440. The first-order valence-corrected chi connectivity index (χ1v) is 15.5. The quantitative estimate of drug-likeness (QED) is 0.135. The molecular formula is C32H23CoN8O8S. The zero-order valence-electron chi connectivity index (χ0n) is 26.5. The number of rotatable bonds is 7. The Morgan fingerprint density at radius 2 is 1.40 bits per heavy atom. The monoisotopic (exact) mass is 738 g/mol. The van der Waals surface area contributed by atoms with E-state index in [1.807, 2.05) is 12.1 Å². The molecule has 0 aliphatic carbocycles. The van der Waals surface area contributed by atoms with Crippen molar-refractivity contribution in [2.75, 3.05) is 0 Å². The number of nitrogens with two attached hydrogens (primary N) is 1. The van der Waals surface area contributed by atoms with E-state index in [2.05, 4.69) is 25.6 Å². The van der Waals surface area contributed by atoms with Crippen molar-refractivity contribution in [3.05, 3.63) is 129 Å². The number of nitro benzene ring substituents is 1. The number of para-hydroxylation sites is 1. The summed E-state index contributed by atoms with van der Waals surface area (Å²) in [5.41, 5.74) is -0.183. The normalized spacial score (nSPS) is 11.3. The van der Waals surface area contributed by atoms with E-state index < -0.39 is 32.0 Å². The Balaban J connectivity index is 0.000000267. The van der Waals surface area contributed by atoms with Crippen LogP contribution in [0.1, 0.15) is 7.12 Å². The van der Waals surface area contributed by atoms with Crippen molar-refractivity contribution in [2.45, 2.75) is 11.8 Å². The van der Waals surface area contributed by atoms with Crippen LogP contribution in [-0.4, -0.2) is 18.0 Å². The topological polar surface area (TPSA) is 258 Å². The van der Waals surface area contributed by atoms with Gasteiger partial charge in [0.15, 0.2) is 0 Å². The van der Waals surface area contributed by atoms with E-state index in [-0.39, 0.29) is 57.3 Å². The molecule has 1 aromatic heterocycles. The van der Waals surface area contributed by atoms with E-state index in [1.165, 1.54) is 16.8 Å². The Kier molecular flexibility index (Phi) is 11.2. The van der Waals surface area contributed by atoms with Crippen LogP contribution in [0.25, 0.3) is 16.5 Å². The number of aromatic nitrogens is 2. The molecule has 0 bridgehead atoms. The maximum absolute atomic E-state index is 12.5. The van der Waals surface area contributed by atoms with Gasteiger partial charge in [-0.15, -0.1) is 10.8 Å². The number of sulfonamides is 1. The molecule has 16 nitrogen and oxygen atoms in total. The van der Waals surface area contributed by atoms with Crippen LogP contribution in [0.5, 0.6) is 17.2 Å². The van der Waals surface area contributed by atoms with Crippen LogP contribution in [0, 0.1) is 17.0 Å². The predicted octanol–water partition coefficient (Wildman–Crippen LogP) is 4.66. The molecule has 0 saturated heterocycles. The summed E-state index contributed by atoms with van der Waals surface area (Å²) in [5, 5.41) is 72.0. The van der Waals surface area contributed by atoms with E-state index in [1.54, 1.807) is 55.5 Å². The summed E-state index contributed by atoms with van der Waals surface area (Å²) in [6, 6.07) is 25.3. The summed E-state index contributed by atoms with van der Waals surface area (Å²) in [7, 11) is -3.99. The number of aryl methyl sites for hydroxylation is 1. The molecule has 18 heteroatoms. The molecule has 2 N–H and O–H groups in total. The SMILES string of the molecule is Cc1[n-]n(-c2ccccc2)c(=O)c1N=Nc1cc(S(N)(=O)=O)ccc1[O-].O=[N+]([O-])c1ccc(N=Nc2c([O-])ccc3ccccc23)c([O-])c1.[Co+3].[H+]. The molecule has 50 heavy (non-hydrogen) atoms. The third kappa shape index (κ3) is 8.25. The van der Waals surface area contributed by atoms with Crippen LogP contribution in [-0.2, 0) is 26.8 Å². The molecule has 0 spiro atoms. The van der Waals surface area contributed by atoms with Crippen LogP contribution in [0.2, 0.25) is 0 Å². The molecule has 254 valence electrons. The van der Waals surface area contributed by atoms with Crippen molar-refractivity contribution in [3.8, 4) is 22.9 Å². The Morgan fingerprint density at radius 3 is 2.08 bits per heavy atom. The number of primary sulfonamides is 1. The van der Waals surface area contributed by atoms with E-state index in [0.717, 1.165) is 35.7 Å². The van der Waals surface area contributed by atoms with Gasteiger partial charge in [0.05, 0.1) is 26.9 Å². The molecule has 0 atom stereocenters. The average Bonchev–Trinajstić information content (AvgIpc) is 3.36. The predicted molar refractivity (Wildman–Crippen MR) is 173 cm³/mol. The Labute approximate surface area is 294 Å². The summed E-state index contributed by atoms with van der Waals surface area (Å²) in [4.78, 5) is 22.1. The summed E-state index contributed by atoms with van der Waals surface area (Å²) in [5.74, 6) is -1.50. The first-order chi connectivity index (χ1) is 23.3. The molecule has 6 rings (SSSR count). The third-order valence-electron chi connectivity index (χ3n) is 6.78. The van der Waals surface area contributed by atoms with Gasteiger partial charge in [0.1, 0.15) is 5.69 Å². The molecule has 0 unspecified atom stereocenters. The molecule has 0 fully saturated rings. The largest absolute Gasteiger partial charge is 3.00 e. The molecule has 1 heterocycles. The second-order valence-electron chi connectivity index (χ2n) is 10.1. The second-order valence-corrected chi connectivity index (χ2v) is 11.7. The minimum absolute atomic E-state index is 0. The van der Waals surface area contributed by atoms with Crippen LogP contribution >= 0.6 is 0 Å². The Morgan fingerprint density at radius 1 is 0.760 bits per heavy atom. The summed E-state index contributed by atoms with van der Waals surface area (Å²) in [6.07, 6.45) is 0. The van der Waals surface area contributed by atoms with E-state index in [9.17, 15) is 38.6 Å². The number of hydrogen-bond acceptors (Lipinski definition) is 12. The van der Waals surface area contributed by atoms with Crippen molar-refractivity contribution in [1.82, 2.24) is 9.78 Å². The fourth-order valence-electron chi connectivity index (χ4n) is 4.35. The van der Waals surface area contributed by atoms with E-state index in [0.29, 0.717) is 16.8 Å². The number of azo groups is 2. The molecular weight excluding hydrogens is 715 g/mol. The maximum atomic E-state index is 12.5. The van der Waals surface area contributed by atoms with Gasteiger partial charge < -0.3 is 25.1 Å². The minimum atomic E-state index is -3.99. The summed E-state index contributed by atoms with van der Waals surface area (Å²) < 4.78 is 23.9. The first kappa shape index (κ1) is 36.6. The van der Waals surface area contributed by atoms with Crippen LogP contribution in [0.15, 0.2) is 133 Å². The van der Waals surface area contributed by atoms with Crippen molar-refractivity contribution < 1.29 is 46.9 Å². The van der Waals surface area contributed by atoms with Gasteiger partial charge in [0.25, 0.3) is 11.2 Å². The van der Waals surface area contributed by atoms with E-state index in [4.69, 9.17) is 5.14 Å². The number of nitro groups is 1. The van der Waals surface area contributed by atoms with E-state index >= 15 is 0 Å². The zero-order chi connectivity index (χ0) is 35.3. The number of benzene rings is 5. The summed E-state index contributed by atoms with van der Waals surface area (Å²) in [6.45, 7) is 1.58. The first-order valence-electron chi connectivity index (χ1n) is 14.0. The number of fused-ring (bicyclic) bond motifs is 1. The van der Waals surface area contributed by atoms with Gasteiger partial charge in [-0.1, -0.05) is 84.8 Å². The fourth-order valence-corrected chi connectivity index (χ4v) is 4.89. The molecule has 0 radical (unpaired) electrons. The molecule has 0 aliphatic rings. The zero-order valence-corrected chi connectivity index (χ0v) is 27.4. The van der Waals surface area contributed by atoms with Gasteiger partial charge in [0, 0.05) is 23.2 Å². The maximum Gasteiger partial charge on any atom is 3.00 e. The number of non-ortho nitro benzene ring substituents is 1. The minimum Gasteiger partial charge on any atom is -0.871 e. The molecule has 0 amide bonds. The standard InChI is InChI=1S/C16H15N5O4S.C16H11N3O4.Co/c1-10-15(16(23)21(20-10)11-5-3-2-4-6-11)19-18-13-9-12(26(17,24)25)7-8-14(13)22;20-14-8-5-10-3-1-2-4-12(10)16(14)18-17-13-7-6-11(19(22)23)9-15(13)21;/h2-9H,1H3,(H4,17,18,19,20,22,23,24,25);1-9,20-21H;/q;;+3/p-3. The molecule has 5 aromatic carbocycles. The van der Waals surface area contributed by atoms with Gasteiger partial charge in [-0.25, -0.2) is 13.6 Å². The van der Waals surface area contributed by atoms with Gasteiger partial charge in [0.2, 0.25) is 10.0 Å². The van der Waals surface area contributed by atoms with Crippen LogP contribution < -0.4 is 31.1 Å².